The summed E-state index contributed by atoms with van der Waals surface area (Å²) in [6.45, 7) is 0.0986. The highest BCUT2D eigenvalue weighted by Gasteiger charge is 2.62. The van der Waals surface area contributed by atoms with E-state index in [9.17, 15) is 22.8 Å². The highest BCUT2D eigenvalue weighted by Crippen LogP contribution is 2.49. The van der Waals surface area contributed by atoms with E-state index in [1.54, 1.807) is 6.07 Å². The molecule has 3 fully saturated rings. The number of aromatic nitrogens is 2. The van der Waals surface area contributed by atoms with Crippen LogP contribution in [-0.4, -0.2) is 33.8 Å². The summed E-state index contributed by atoms with van der Waals surface area (Å²) in [5.41, 5.74) is 0.0354. The largest absolute Gasteiger partial charge is 0.416 e. The number of carbonyl (C=O) groups is 2. The number of anilines is 1. The van der Waals surface area contributed by atoms with Gasteiger partial charge in [-0.25, -0.2) is 4.90 Å². The summed E-state index contributed by atoms with van der Waals surface area (Å²) in [6.07, 6.45) is -0.333. The number of hydrogen-bond donors (Lipinski definition) is 0. The van der Waals surface area contributed by atoms with E-state index in [2.05, 4.69) is 5.10 Å². The molecular formula is C19H16F3N3O3. The maximum absolute atomic E-state index is 12.9. The van der Waals surface area contributed by atoms with Gasteiger partial charge in [-0.2, -0.15) is 18.3 Å². The number of halogens is 3. The fourth-order valence-corrected chi connectivity index (χ4v) is 4.55. The van der Waals surface area contributed by atoms with Gasteiger partial charge in [-0.3, -0.25) is 14.3 Å². The fraction of sp³-hybridized carbons (Fsp3) is 0.421. The normalized spacial score (nSPS) is 29.0. The van der Waals surface area contributed by atoms with E-state index in [0.29, 0.717) is 11.3 Å². The van der Waals surface area contributed by atoms with Crippen LogP contribution in [0.5, 0.6) is 0 Å². The Morgan fingerprint density at radius 1 is 1.11 bits per heavy atom. The number of nitrogens with zero attached hydrogens (tertiary/aromatic N) is 3. The number of alkyl halides is 3. The number of hydrogen-bond acceptors (Lipinski definition) is 4. The summed E-state index contributed by atoms with van der Waals surface area (Å²) in [6, 6.07) is 4.98. The smallest absolute Gasteiger partial charge is 0.373 e. The molecule has 146 valence electrons. The summed E-state index contributed by atoms with van der Waals surface area (Å²) >= 11 is 0. The predicted octanol–water partition coefficient (Wildman–Crippen LogP) is 2.62. The molecule has 4 atom stereocenters. The Balaban J connectivity index is 1.37. The summed E-state index contributed by atoms with van der Waals surface area (Å²) in [5.74, 6) is -1.42. The lowest BCUT2D eigenvalue weighted by Gasteiger charge is -2.15. The molecule has 4 heterocycles. The number of imide groups is 1. The third-order valence-electron chi connectivity index (χ3n) is 5.76. The Morgan fingerprint density at radius 3 is 2.43 bits per heavy atom. The lowest BCUT2D eigenvalue weighted by molar-refractivity contribution is -0.137. The van der Waals surface area contributed by atoms with Gasteiger partial charge >= 0.3 is 6.18 Å². The molecule has 1 aromatic heterocycles. The lowest BCUT2D eigenvalue weighted by Crippen LogP contribution is -2.34. The van der Waals surface area contributed by atoms with Crippen LogP contribution < -0.4 is 4.90 Å². The van der Waals surface area contributed by atoms with Gasteiger partial charge in [-0.05, 0) is 30.5 Å². The minimum Gasteiger partial charge on any atom is -0.373 e. The Bertz CT molecular complexity index is 943. The second kappa shape index (κ2) is 5.91. The van der Waals surface area contributed by atoms with Crippen molar-refractivity contribution in [1.82, 2.24) is 9.78 Å². The van der Waals surface area contributed by atoms with Crippen molar-refractivity contribution in [3.05, 3.63) is 47.8 Å². The Hall–Kier alpha value is -2.68. The third kappa shape index (κ3) is 2.56. The van der Waals surface area contributed by atoms with Crippen molar-refractivity contribution in [2.45, 2.75) is 37.8 Å². The average molecular weight is 391 g/mol. The quantitative estimate of drug-likeness (QED) is 0.755. The van der Waals surface area contributed by atoms with Crippen LogP contribution in [0.15, 0.2) is 36.7 Å². The topological polar surface area (TPSA) is 64.4 Å². The Labute approximate surface area is 157 Å². The summed E-state index contributed by atoms with van der Waals surface area (Å²) in [7, 11) is 0. The first-order chi connectivity index (χ1) is 13.3. The number of fused-ring (bicyclic) bond motifs is 5. The van der Waals surface area contributed by atoms with Gasteiger partial charge in [0.1, 0.15) is 0 Å². The molecule has 2 aromatic rings. The van der Waals surface area contributed by atoms with Gasteiger partial charge in [-0.15, -0.1) is 0 Å². The summed E-state index contributed by atoms with van der Waals surface area (Å²) in [4.78, 5) is 26.7. The van der Waals surface area contributed by atoms with Gasteiger partial charge in [0.05, 0.1) is 48.0 Å². The molecule has 28 heavy (non-hydrogen) atoms. The first-order valence-corrected chi connectivity index (χ1v) is 9.05. The molecule has 0 N–H and O–H groups in total. The van der Waals surface area contributed by atoms with E-state index in [1.807, 2.05) is 0 Å². The number of carbonyl (C=O) groups excluding carboxylic acids is 2. The molecule has 0 unspecified atom stereocenters. The van der Waals surface area contributed by atoms with Crippen molar-refractivity contribution >= 4 is 17.5 Å². The molecule has 0 saturated carbocycles. The number of amides is 2. The Morgan fingerprint density at radius 2 is 1.79 bits per heavy atom. The maximum Gasteiger partial charge on any atom is 0.416 e. The van der Waals surface area contributed by atoms with E-state index in [4.69, 9.17) is 4.74 Å². The maximum atomic E-state index is 12.9. The molecular weight excluding hydrogens is 375 g/mol. The number of rotatable bonds is 3. The van der Waals surface area contributed by atoms with Crippen LogP contribution in [-0.2, 0) is 27.0 Å². The van der Waals surface area contributed by atoms with Crippen molar-refractivity contribution in [2.75, 3.05) is 4.90 Å². The fourth-order valence-electron chi connectivity index (χ4n) is 4.55. The molecule has 1 aromatic carbocycles. The standard InChI is InChI=1S/C19H16F3N3O3/c20-19(21,22)11-3-1-2-10(6-11)8-24-9-12(7-23-24)25-17(26)15-13-4-5-14(28-13)16(15)18(25)27/h1-3,6-7,9,13-16H,4-5,8H2/t13-,14+,15-,16+. The van der Waals surface area contributed by atoms with E-state index in [1.165, 1.54) is 23.1 Å². The Kier molecular flexibility index (Phi) is 3.67. The van der Waals surface area contributed by atoms with E-state index < -0.39 is 23.6 Å². The van der Waals surface area contributed by atoms with Gasteiger partial charge in [0, 0.05) is 6.20 Å². The molecule has 3 aliphatic rings. The van der Waals surface area contributed by atoms with Crippen LogP contribution in [0, 0.1) is 11.8 Å². The van der Waals surface area contributed by atoms with Gasteiger partial charge in [0.15, 0.2) is 0 Å². The summed E-state index contributed by atoms with van der Waals surface area (Å²) < 4.78 is 45.7. The minimum absolute atomic E-state index is 0.0986. The highest BCUT2D eigenvalue weighted by molar-refractivity contribution is 6.22. The van der Waals surface area contributed by atoms with Crippen LogP contribution in [0.25, 0.3) is 0 Å². The zero-order valence-electron chi connectivity index (χ0n) is 14.6. The van der Waals surface area contributed by atoms with Crippen LogP contribution in [0.2, 0.25) is 0 Å². The number of ether oxygens (including phenoxy) is 1. The van der Waals surface area contributed by atoms with Crippen molar-refractivity contribution in [3.63, 3.8) is 0 Å². The predicted molar refractivity (Wildman–Crippen MR) is 90.1 cm³/mol. The molecule has 2 bridgehead atoms. The molecule has 3 aliphatic heterocycles. The second-order valence-corrected chi connectivity index (χ2v) is 7.45. The van der Waals surface area contributed by atoms with Crippen molar-refractivity contribution in [2.24, 2.45) is 11.8 Å². The van der Waals surface area contributed by atoms with E-state index in [0.717, 1.165) is 29.9 Å². The lowest BCUT2D eigenvalue weighted by atomic mass is 9.81. The van der Waals surface area contributed by atoms with Gasteiger partial charge in [0.2, 0.25) is 11.8 Å². The zero-order chi connectivity index (χ0) is 19.6. The first-order valence-electron chi connectivity index (χ1n) is 9.05. The molecule has 0 radical (unpaired) electrons. The summed E-state index contributed by atoms with van der Waals surface area (Å²) in [5, 5.41) is 4.12. The van der Waals surface area contributed by atoms with Gasteiger partial charge in [-0.1, -0.05) is 12.1 Å². The van der Waals surface area contributed by atoms with Crippen molar-refractivity contribution in [1.29, 1.82) is 0 Å². The molecule has 0 aliphatic carbocycles. The van der Waals surface area contributed by atoms with Crippen LogP contribution >= 0.6 is 0 Å². The third-order valence-corrected chi connectivity index (χ3v) is 5.76. The SMILES string of the molecule is O=C1[C@@H]2[C@H](C(=O)N1c1cnn(Cc3cccc(C(F)(F)F)c3)c1)[C@H]1CC[C@@H]2O1. The highest BCUT2D eigenvalue weighted by atomic mass is 19.4. The first kappa shape index (κ1) is 17.4. The molecule has 0 spiro atoms. The minimum atomic E-state index is -4.42. The van der Waals surface area contributed by atoms with Crippen LogP contribution in [0.3, 0.4) is 0 Å². The molecule has 9 heteroatoms. The number of benzene rings is 1. The average Bonchev–Trinajstić information content (AvgIpc) is 3.40. The van der Waals surface area contributed by atoms with E-state index >= 15 is 0 Å². The van der Waals surface area contributed by atoms with Crippen molar-refractivity contribution in [3.8, 4) is 0 Å². The molecule has 2 amide bonds. The zero-order valence-corrected chi connectivity index (χ0v) is 14.6. The van der Waals surface area contributed by atoms with Crippen LogP contribution in [0.4, 0.5) is 18.9 Å². The van der Waals surface area contributed by atoms with E-state index in [-0.39, 0.29) is 30.6 Å². The van der Waals surface area contributed by atoms with Gasteiger partial charge < -0.3 is 4.74 Å². The molecule has 5 rings (SSSR count). The van der Waals surface area contributed by atoms with Gasteiger partial charge in [0.25, 0.3) is 0 Å². The monoisotopic (exact) mass is 391 g/mol. The van der Waals surface area contributed by atoms with Crippen LogP contribution in [0.1, 0.15) is 24.0 Å². The molecule has 3 saturated heterocycles. The molecule has 6 nitrogen and oxygen atoms in total. The second-order valence-electron chi connectivity index (χ2n) is 7.45. The van der Waals surface area contributed by atoms with Crippen molar-refractivity contribution < 1.29 is 27.5 Å².